The zero-order valence-electron chi connectivity index (χ0n) is 20.8. The average molecular weight is 492 g/mol. The molecule has 0 spiro atoms. The van der Waals surface area contributed by atoms with Crippen LogP contribution in [-0.2, 0) is 9.47 Å². The zero-order chi connectivity index (χ0) is 25.4. The molecule has 188 valence electrons. The minimum atomic E-state index is -1.23. The zero-order valence-corrected chi connectivity index (χ0v) is 20.8. The summed E-state index contributed by atoms with van der Waals surface area (Å²) in [6.45, 7) is 8.34. The molecule has 2 fully saturated rings. The lowest BCUT2D eigenvalue weighted by Gasteiger charge is -2.31. The van der Waals surface area contributed by atoms with Crippen LogP contribution in [0, 0.1) is 11.3 Å². The molecule has 2 aliphatic rings. The van der Waals surface area contributed by atoms with Crippen LogP contribution in [0.5, 0.6) is 0 Å². The first-order valence-electron chi connectivity index (χ1n) is 12.2. The van der Waals surface area contributed by atoms with Crippen LogP contribution in [0.3, 0.4) is 0 Å². The molecule has 1 amide bonds. The highest BCUT2D eigenvalue weighted by molar-refractivity contribution is 5.89. The SMILES string of the molecule is CC(C)(C)OC(=O)N1CCC(F)C1n1ccc2nc(N3CCOCC3)c(-c3ccc(C#N)cc3)cc21. The van der Waals surface area contributed by atoms with E-state index in [0.29, 0.717) is 31.9 Å². The van der Waals surface area contributed by atoms with Crippen molar-refractivity contribution in [2.24, 2.45) is 0 Å². The second-order valence-corrected chi connectivity index (χ2v) is 10.2. The number of rotatable bonds is 3. The molecule has 0 saturated carbocycles. The highest BCUT2D eigenvalue weighted by Gasteiger charge is 2.41. The Morgan fingerprint density at radius 1 is 1.17 bits per heavy atom. The van der Waals surface area contributed by atoms with Crippen LogP contribution in [0.15, 0.2) is 42.6 Å². The molecule has 3 aromatic rings. The van der Waals surface area contributed by atoms with Gasteiger partial charge in [0.2, 0.25) is 0 Å². The average Bonchev–Trinajstić information content (AvgIpc) is 3.45. The number of alkyl halides is 1. The third-order valence-electron chi connectivity index (χ3n) is 6.52. The van der Waals surface area contributed by atoms with Crippen molar-refractivity contribution in [2.45, 2.75) is 45.1 Å². The molecule has 5 rings (SSSR count). The van der Waals surface area contributed by atoms with Crippen LogP contribution in [0.25, 0.3) is 22.2 Å². The van der Waals surface area contributed by atoms with Gasteiger partial charge in [0.1, 0.15) is 23.8 Å². The summed E-state index contributed by atoms with van der Waals surface area (Å²) in [7, 11) is 0. The molecular weight excluding hydrogens is 461 g/mol. The number of morpholine rings is 1. The number of aromatic nitrogens is 2. The summed E-state index contributed by atoms with van der Waals surface area (Å²) < 4.78 is 28.2. The van der Waals surface area contributed by atoms with E-state index in [1.807, 2.05) is 24.3 Å². The Morgan fingerprint density at radius 2 is 1.89 bits per heavy atom. The van der Waals surface area contributed by atoms with Gasteiger partial charge in [0.15, 0.2) is 0 Å². The summed E-state index contributed by atoms with van der Waals surface area (Å²) in [6, 6.07) is 13.4. The highest BCUT2D eigenvalue weighted by Crippen LogP contribution is 2.38. The fourth-order valence-corrected chi connectivity index (χ4v) is 4.83. The van der Waals surface area contributed by atoms with Crippen molar-refractivity contribution in [1.82, 2.24) is 14.5 Å². The second kappa shape index (κ2) is 9.43. The molecule has 2 aromatic heterocycles. The number of nitrogens with zero attached hydrogens (tertiary/aromatic N) is 5. The van der Waals surface area contributed by atoms with E-state index in [1.165, 1.54) is 4.90 Å². The van der Waals surface area contributed by atoms with Gasteiger partial charge in [-0.05, 0) is 50.6 Å². The Labute approximate surface area is 209 Å². The van der Waals surface area contributed by atoms with Crippen molar-refractivity contribution in [2.75, 3.05) is 37.7 Å². The molecule has 2 unspecified atom stereocenters. The Morgan fingerprint density at radius 3 is 2.56 bits per heavy atom. The van der Waals surface area contributed by atoms with E-state index < -0.39 is 24.0 Å². The number of ether oxygens (including phenoxy) is 2. The quantitative estimate of drug-likeness (QED) is 0.519. The van der Waals surface area contributed by atoms with Crippen LogP contribution in [0.2, 0.25) is 0 Å². The molecule has 2 aliphatic heterocycles. The van der Waals surface area contributed by atoms with Crippen LogP contribution >= 0.6 is 0 Å². The van der Waals surface area contributed by atoms with Gasteiger partial charge in [0.25, 0.3) is 0 Å². The van der Waals surface area contributed by atoms with Gasteiger partial charge in [-0.3, -0.25) is 4.90 Å². The fourth-order valence-electron chi connectivity index (χ4n) is 4.83. The molecule has 2 saturated heterocycles. The number of amides is 1. The van der Waals surface area contributed by atoms with E-state index >= 15 is 4.39 Å². The summed E-state index contributed by atoms with van der Waals surface area (Å²) in [6.07, 6.45) is -0.540. The predicted octanol–water partition coefficient (Wildman–Crippen LogP) is 4.89. The first kappa shape index (κ1) is 24.1. The third kappa shape index (κ3) is 4.61. The van der Waals surface area contributed by atoms with E-state index in [4.69, 9.17) is 14.5 Å². The van der Waals surface area contributed by atoms with Crippen LogP contribution in [-0.4, -0.2) is 65.2 Å². The molecule has 0 bridgehead atoms. The molecule has 36 heavy (non-hydrogen) atoms. The number of hydrogen-bond acceptors (Lipinski definition) is 6. The van der Waals surface area contributed by atoms with Gasteiger partial charge >= 0.3 is 6.09 Å². The molecular formula is C27H30FN5O3. The standard InChI is InChI=1S/C27H30FN5O3/c1-27(2,3)36-26(34)33-10-8-21(28)25(33)32-11-9-22-23(32)16-20(19-6-4-18(17-29)5-7-19)24(30-22)31-12-14-35-15-13-31/h4-7,9,11,16,21,25H,8,10,12-15H2,1-3H3. The lowest BCUT2D eigenvalue weighted by molar-refractivity contribution is 0.0115. The van der Waals surface area contributed by atoms with E-state index in [-0.39, 0.29) is 13.0 Å². The monoisotopic (exact) mass is 491 g/mol. The minimum absolute atomic E-state index is 0.241. The lowest BCUT2D eigenvalue weighted by atomic mass is 10.0. The van der Waals surface area contributed by atoms with Gasteiger partial charge in [-0.1, -0.05) is 12.1 Å². The van der Waals surface area contributed by atoms with Gasteiger partial charge in [-0.25, -0.2) is 14.2 Å². The van der Waals surface area contributed by atoms with Crippen molar-refractivity contribution in [3.05, 3.63) is 48.2 Å². The number of carbonyl (C=O) groups is 1. The predicted molar refractivity (Wildman–Crippen MR) is 134 cm³/mol. The van der Waals surface area contributed by atoms with Crippen molar-refractivity contribution in [3.63, 3.8) is 0 Å². The molecule has 0 N–H and O–H groups in total. The number of benzene rings is 1. The van der Waals surface area contributed by atoms with Crippen molar-refractivity contribution in [3.8, 4) is 17.2 Å². The van der Waals surface area contributed by atoms with Gasteiger partial charge in [0.05, 0.1) is 35.9 Å². The maximum atomic E-state index is 15.3. The number of hydrogen-bond donors (Lipinski definition) is 0. The summed E-state index contributed by atoms with van der Waals surface area (Å²) in [5, 5.41) is 9.23. The van der Waals surface area contributed by atoms with E-state index in [1.54, 1.807) is 43.7 Å². The molecule has 2 atom stereocenters. The molecule has 4 heterocycles. The fraction of sp³-hybridized carbons (Fsp3) is 0.444. The summed E-state index contributed by atoms with van der Waals surface area (Å²) in [5.41, 5.74) is 3.14. The molecule has 1 aromatic carbocycles. The number of pyridine rings is 1. The first-order valence-corrected chi connectivity index (χ1v) is 12.2. The maximum Gasteiger partial charge on any atom is 0.412 e. The summed E-state index contributed by atoms with van der Waals surface area (Å²) in [5.74, 6) is 0.820. The van der Waals surface area contributed by atoms with Gasteiger partial charge < -0.3 is 18.9 Å². The van der Waals surface area contributed by atoms with Crippen LogP contribution in [0.4, 0.5) is 15.0 Å². The van der Waals surface area contributed by atoms with Gasteiger partial charge in [-0.15, -0.1) is 0 Å². The molecule has 9 heteroatoms. The Hall–Kier alpha value is -3.64. The number of anilines is 1. The summed E-state index contributed by atoms with van der Waals surface area (Å²) in [4.78, 5) is 21.6. The normalized spacial score (nSPS) is 20.5. The van der Waals surface area contributed by atoms with Crippen LogP contribution < -0.4 is 4.90 Å². The Bertz CT molecular complexity index is 1300. The van der Waals surface area contributed by atoms with Crippen molar-refractivity contribution >= 4 is 22.9 Å². The topological polar surface area (TPSA) is 83.6 Å². The van der Waals surface area contributed by atoms with Crippen LogP contribution in [0.1, 0.15) is 38.9 Å². The molecule has 0 aliphatic carbocycles. The van der Waals surface area contributed by atoms with E-state index in [2.05, 4.69) is 11.0 Å². The van der Waals surface area contributed by atoms with Gasteiger partial charge in [0, 0.05) is 37.8 Å². The van der Waals surface area contributed by atoms with Crippen molar-refractivity contribution < 1.29 is 18.7 Å². The first-order chi connectivity index (χ1) is 17.2. The Balaban J connectivity index is 1.61. The molecule has 8 nitrogen and oxygen atoms in total. The number of halogens is 1. The number of likely N-dealkylation sites (tertiary alicyclic amines) is 1. The second-order valence-electron chi connectivity index (χ2n) is 10.2. The number of nitriles is 1. The number of fused-ring (bicyclic) bond motifs is 1. The molecule has 0 radical (unpaired) electrons. The maximum absolute atomic E-state index is 15.3. The van der Waals surface area contributed by atoms with Gasteiger partial charge in [-0.2, -0.15) is 5.26 Å². The van der Waals surface area contributed by atoms with E-state index in [0.717, 1.165) is 28.0 Å². The number of carbonyl (C=O) groups excluding carboxylic acids is 1. The summed E-state index contributed by atoms with van der Waals surface area (Å²) >= 11 is 0. The Kier molecular flexibility index (Phi) is 6.31. The van der Waals surface area contributed by atoms with Crippen molar-refractivity contribution in [1.29, 1.82) is 5.26 Å². The largest absolute Gasteiger partial charge is 0.444 e. The smallest absolute Gasteiger partial charge is 0.412 e. The highest BCUT2D eigenvalue weighted by atomic mass is 19.1. The van der Waals surface area contributed by atoms with E-state index in [9.17, 15) is 10.1 Å². The lowest BCUT2D eigenvalue weighted by Crippen LogP contribution is -2.39. The minimum Gasteiger partial charge on any atom is -0.444 e. The third-order valence-corrected chi connectivity index (χ3v) is 6.52.